The summed E-state index contributed by atoms with van der Waals surface area (Å²) in [5.41, 5.74) is 16.4. The van der Waals surface area contributed by atoms with E-state index in [1.54, 1.807) is 0 Å². The SMILES string of the molecule is CN1CCN(c2cccc(I)c2N)CC1.CN1CCN(c2cccc(I)c2N)CC1. The van der Waals surface area contributed by atoms with Crippen LogP contribution in [0, 0.1) is 7.14 Å². The fraction of sp³-hybridized carbons (Fsp3) is 0.455. The molecule has 4 N–H and O–H groups in total. The number of nitrogen functional groups attached to an aromatic ring is 2. The molecule has 0 aliphatic carbocycles. The summed E-state index contributed by atoms with van der Waals surface area (Å²) in [6.45, 7) is 8.74. The molecule has 0 amide bonds. The molecule has 0 atom stereocenters. The Kier molecular flexibility index (Phi) is 8.72. The van der Waals surface area contributed by atoms with Crippen molar-refractivity contribution in [2.24, 2.45) is 0 Å². The first-order valence-electron chi connectivity index (χ1n) is 10.3. The Morgan fingerprint density at radius 1 is 0.600 bits per heavy atom. The molecule has 2 fully saturated rings. The van der Waals surface area contributed by atoms with Gasteiger partial charge in [-0.15, -0.1) is 0 Å². The molecule has 2 saturated heterocycles. The molecule has 0 radical (unpaired) electrons. The first-order chi connectivity index (χ1) is 14.4. The van der Waals surface area contributed by atoms with Crippen molar-refractivity contribution in [1.29, 1.82) is 0 Å². The third kappa shape index (κ3) is 6.04. The summed E-state index contributed by atoms with van der Waals surface area (Å²) < 4.78 is 2.29. The van der Waals surface area contributed by atoms with Crippen LogP contribution in [0.15, 0.2) is 36.4 Å². The van der Waals surface area contributed by atoms with Crippen molar-refractivity contribution in [1.82, 2.24) is 9.80 Å². The largest absolute Gasteiger partial charge is 0.396 e. The van der Waals surface area contributed by atoms with Gasteiger partial charge in [-0.05, 0) is 83.5 Å². The number of para-hydroxylation sites is 2. The maximum absolute atomic E-state index is 6.09. The number of halogens is 2. The molecule has 8 heteroatoms. The molecule has 0 saturated carbocycles. The third-order valence-electron chi connectivity index (χ3n) is 5.75. The number of likely N-dealkylation sites (N-methyl/N-ethyl adjacent to an activating group) is 2. The van der Waals surface area contributed by atoms with Gasteiger partial charge >= 0.3 is 0 Å². The van der Waals surface area contributed by atoms with E-state index in [0.717, 1.165) is 70.9 Å². The van der Waals surface area contributed by atoms with Gasteiger partial charge in [0.25, 0.3) is 0 Å². The lowest BCUT2D eigenvalue weighted by Crippen LogP contribution is -2.44. The summed E-state index contributed by atoms with van der Waals surface area (Å²) in [5, 5.41) is 0. The Morgan fingerprint density at radius 2 is 0.933 bits per heavy atom. The Balaban J connectivity index is 0.000000171. The monoisotopic (exact) mass is 634 g/mol. The average molecular weight is 634 g/mol. The van der Waals surface area contributed by atoms with E-state index >= 15 is 0 Å². The number of benzene rings is 2. The van der Waals surface area contributed by atoms with Gasteiger partial charge in [0.2, 0.25) is 0 Å². The van der Waals surface area contributed by atoms with Gasteiger partial charge in [0, 0.05) is 59.5 Å². The average Bonchev–Trinajstić information content (AvgIpc) is 2.74. The molecule has 2 aliphatic heterocycles. The lowest BCUT2D eigenvalue weighted by atomic mass is 10.2. The van der Waals surface area contributed by atoms with Crippen LogP contribution in [-0.2, 0) is 0 Å². The van der Waals surface area contributed by atoms with E-state index in [1.807, 2.05) is 0 Å². The summed E-state index contributed by atoms with van der Waals surface area (Å²) in [6, 6.07) is 12.5. The highest BCUT2D eigenvalue weighted by Crippen LogP contribution is 2.29. The predicted octanol–water partition coefficient (Wildman–Crippen LogP) is 3.25. The van der Waals surface area contributed by atoms with Crippen LogP contribution in [0.3, 0.4) is 0 Å². The van der Waals surface area contributed by atoms with Gasteiger partial charge in [0.05, 0.1) is 22.7 Å². The molecule has 2 aliphatic rings. The molecular formula is C22H32I2N6. The van der Waals surface area contributed by atoms with Gasteiger partial charge in [-0.25, -0.2) is 0 Å². The molecular weight excluding hydrogens is 602 g/mol. The maximum Gasteiger partial charge on any atom is 0.0687 e. The molecule has 164 valence electrons. The van der Waals surface area contributed by atoms with Crippen molar-refractivity contribution in [2.45, 2.75) is 0 Å². The normalized spacial score (nSPS) is 18.1. The van der Waals surface area contributed by atoms with Gasteiger partial charge in [-0.3, -0.25) is 0 Å². The number of anilines is 4. The quantitative estimate of drug-likeness (QED) is 0.391. The summed E-state index contributed by atoms with van der Waals surface area (Å²) >= 11 is 4.58. The number of nitrogens with two attached hydrogens (primary N) is 2. The zero-order chi connectivity index (χ0) is 21.7. The maximum atomic E-state index is 6.09. The number of nitrogens with zero attached hydrogens (tertiary/aromatic N) is 4. The number of hydrogen-bond acceptors (Lipinski definition) is 6. The van der Waals surface area contributed by atoms with E-state index in [4.69, 9.17) is 11.5 Å². The Hall–Kier alpha value is -0.980. The summed E-state index contributed by atoms with van der Waals surface area (Å²) in [5.74, 6) is 0. The first-order valence-corrected chi connectivity index (χ1v) is 12.5. The standard InChI is InChI=1S/2C11H16IN3/c2*1-14-5-7-15(8-6-14)10-4-2-3-9(12)11(10)13/h2*2-4H,5-8,13H2,1H3. The Morgan fingerprint density at radius 3 is 1.27 bits per heavy atom. The molecule has 0 unspecified atom stereocenters. The van der Waals surface area contributed by atoms with Crippen LogP contribution in [0.1, 0.15) is 0 Å². The summed E-state index contributed by atoms with van der Waals surface area (Å²) in [6.07, 6.45) is 0. The fourth-order valence-corrected chi connectivity index (χ4v) is 4.67. The lowest BCUT2D eigenvalue weighted by Gasteiger charge is -2.34. The molecule has 6 nitrogen and oxygen atoms in total. The zero-order valence-electron chi connectivity index (χ0n) is 17.8. The molecule has 0 bridgehead atoms. The highest BCUT2D eigenvalue weighted by molar-refractivity contribution is 14.1. The minimum absolute atomic E-state index is 0.919. The van der Waals surface area contributed by atoms with E-state index in [-0.39, 0.29) is 0 Å². The highest BCUT2D eigenvalue weighted by atomic mass is 127. The van der Waals surface area contributed by atoms with Crippen molar-refractivity contribution in [3.63, 3.8) is 0 Å². The van der Waals surface area contributed by atoms with Crippen molar-refractivity contribution in [3.8, 4) is 0 Å². The number of piperazine rings is 2. The van der Waals surface area contributed by atoms with Crippen LogP contribution >= 0.6 is 45.2 Å². The second-order valence-corrected chi connectivity index (χ2v) is 10.3. The first kappa shape index (κ1) is 23.7. The fourth-order valence-electron chi connectivity index (χ4n) is 3.70. The molecule has 2 aromatic carbocycles. The Labute approximate surface area is 207 Å². The minimum atomic E-state index is 0.919. The zero-order valence-corrected chi connectivity index (χ0v) is 22.1. The lowest BCUT2D eigenvalue weighted by molar-refractivity contribution is 0.313. The van der Waals surface area contributed by atoms with Crippen molar-refractivity contribution >= 4 is 67.9 Å². The molecule has 2 heterocycles. The smallest absolute Gasteiger partial charge is 0.0687 e. The summed E-state index contributed by atoms with van der Waals surface area (Å²) in [7, 11) is 4.32. The molecule has 0 aromatic heterocycles. The van der Waals surface area contributed by atoms with Crippen LogP contribution in [0.2, 0.25) is 0 Å². The van der Waals surface area contributed by atoms with Crippen LogP contribution in [0.4, 0.5) is 22.7 Å². The van der Waals surface area contributed by atoms with Crippen LogP contribution in [-0.4, -0.2) is 76.3 Å². The summed E-state index contributed by atoms with van der Waals surface area (Å²) in [4.78, 5) is 9.44. The predicted molar refractivity (Wildman–Crippen MR) is 147 cm³/mol. The van der Waals surface area contributed by atoms with Gasteiger partial charge < -0.3 is 31.1 Å². The topological polar surface area (TPSA) is 65.0 Å². The van der Waals surface area contributed by atoms with Gasteiger partial charge in [-0.2, -0.15) is 0 Å². The van der Waals surface area contributed by atoms with E-state index in [1.165, 1.54) is 11.4 Å². The number of hydrogen-bond donors (Lipinski definition) is 2. The van der Waals surface area contributed by atoms with Crippen LogP contribution in [0.5, 0.6) is 0 Å². The number of rotatable bonds is 2. The molecule has 0 spiro atoms. The van der Waals surface area contributed by atoms with Crippen molar-refractivity contribution in [3.05, 3.63) is 43.5 Å². The Bertz CT molecular complexity index is 761. The molecule has 2 aromatic rings. The van der Waals surface area contributed by atoms with Crippen LogP contribution in [0.25, 0.3) is 0 Å². The van der Waals surface area contributed by atoms with Crippen molar-refractivity contribution in [2.75, 3.05) is 87.7 Å². The minimum Gasteiger partial charge on any atom is -0.396 e. The molecule has 4 rings (SSSR count). The van der Waals surface area contributed by atoms with Gasteiger partial charge in [0.1, 0.15) is 0 Å². The second kappa shape index (κ2) is 11.1. The van der Waals surface area contributed by atoms with Gasteiger partial charge in [0.15, 0.2) is 0 Å². The van der Waals surface area contributed by atoms with E-state index in [0.29, 0.717) is 0 Å². The van der Waals surface area contributed by atoms with Crippen molar-refractivity contribution < 1.29 is 0 Å². The second-order valence-electron chi connectivity index (χ2n) is 7.93. The molecule has 30 heavy (non-hydrogen) atoms. The van der Waals surface area contributed by atoms with Gasteiger partial charge in [-0.1, -0.05) is 12.1 Å². The van der Waals surface area contributed by atoms with Crippen LogP contribution < -0.4 is 21.3 Å². The highest BCUT2D eigenvalue weighted by Gasteiger charge is 2.17. The van der Waals surface area contributed by atoms with E-state index in [2.05, 4.69) is 115 Å². The van der Waals surface area contributed by atoms with E-state index in [9.17, 15) is 0 Å². The third-order valence-corrected chi connectivity index (χ3v) is 7.63. The van der Waals surface area contributed by atoms with E-state index < -0.39 is 0 Å².